The summed E-state index contributed by atoms with van der Waals surface area (Å²) in [4.78, 5) is 17.4. The number of benzene rings is 2. The van der Waals surface area contributed by atoms with Crippen LogP contribution < -0.4 is 10.1 Å². The minimum absolute atomic E-state index is 0.222. The number of aryl methyl sites for hydroxylation is 2. The summed E-state index contributed by atoms with van der Waals surface area (Å²) in [5.74, 6) is 0.518. The zero-order valence-electron chi connectivity index (χ0n) is 17.3. The quantitative estimate of drug-likeness (QED) is 0.669. The second-order valence-corrected chi connectivity index (χ2v) is 8.52. The standard InChI is InChI=1S/C23H22F3N3O2/c1-13-28-19-18(29(13)2)9-17(21(30)27-12-23(24,25)26)16-7-8-22(31-20(16)19)10-14-5-3-4-6-15(14)11-22/h3-6,9H,7-8,10-12H2,1-2H3,(H,27,30). The van der Waals surface area contributed by atoms with E-state index >= 15 is 0 Å². The Bertz CT molecular complexity index is 1190. The van der Waals surface area contributed by atoms with Gasteiger partial charge in [-0.2, -0.15) is 13.2 Å². The Morgan fingerprint density at radius 2 is 1.94 bits per heavy atom. The van der Waals surface area contributed by atoms with Crippen molar-refractivity contribution in [3.63, 3.8) is 0 Å². The second-order valence-electron chi connectivity index (χ2n) is 8.52. The first-order valence-electron chi connectivity index (χ1n) is 10.3. The second kappa shape index (κ2) is 6.73. The van der Waals surface area contributed by atoms with E-state index in [4.69, 9.17) is 4.74 Å². The van der Waals surface area contributed by atoms with Crippen molar-refractivity contribution in [2.45, 2.75) is 44.4 Å². The predicted octanol–water partition coefficient (Wildman–Crippen LogP) is 4.04. The Balaban J connectivity index is 1.58. The first-order chi connectivity index (χ1) is 14.7. The van der Waals surface area contributed by atoms with Crippen LogP contribution in [-0.4, -0.2) is 33.8 Å². The molecule has 0 fully saturated rings. The Hall–Kier alpha value is -3.03. The zero-order chi connectivity index (χ0) is 22.0. The molecule has 2 aromatic carbocycles. The van der Waals surface area contributed by atoms with Crippen molar-refractivity contribution < 1.29 is 22.7 Å². The Labute approximate surface area is 177 Å². The SMILES string of the molecule is Cc1nc2c3c(c(C(=O)NCC(F)(F)F)cc2n1C)CCC1(Cc2ccccc2C1)O3. The number of halogens is 3. The number of alkyl halides is 3. The number of imidazole rings is 1. The van der Waals surface area contributed by atoms with Gasteiger partial charge in [0.2, 0.25) is 0 Å². The highest BCUT2D eigenvalue weighted by Crippen LogP contribution is 2.45. The maximum Gasteiger partial charge on any atom is 0.405 e. The summed E-state index contributed by atoms with van der Waals surface area (Å²) in [5.41, 5.74) is 4.25. The van der Waals surface area contributed by atoms with Crippen LogP contribution in [0.3, 0.4) is 0 Å². The average Bonchev–Trinajstić information content (AvgIpc) is 3.22. The van der Waals surface area contributed by atoms with Crippen molar-refractivity contribution in [3.8, 4) is 5.75 Å². The van der Waals surface area contributed by atoms with Crippen LogP contribution in [-0.2, 0) is 26.3 Å². The highest BCUT2D eigenvalue weighted by Gasteiger charge is 2.43. The third-order valence-corrected chi connectivity index (χ3v) is 6.45. The van der Waals surface area contributed by atoms with Crippen molar-refractivity contribution in [2.24, 2.45) is 7.05 Å². The largest absolute Gasteiger partial charge is 0.484 e. The van der Waals surface area contributed by atoms with E-state index in [1.54, 1.807) is 6.07 Å². The van der Waals surface area contributed by atoms with Crippen molar-refractivity contribution in [2.75, 3.05) is 6.54 Å². The Morgan fingerprint density at radius 1 is 1.26 bits per heavy atom. The monoisotopic (exact) mass is 429 g/mol. The van der Waals surface area contributed by atoms with E-state index in [0.717, 1.165) is 18.7 Å². The summed E-state index contributed by atoms with van der Waals surface area (Å²) >= 11 is 0. The number of fused-ring (bicyclic) bond motifs is 4. The van der Waals surface area contributed by atoms with Crippen LogP contribution in [0.4, 0.5) is 13.2 Å². The van der Waals surface area contributed by atoms with Gasteiger partial charge in [0.25, 0.3) is 5.91 Å². The maximum absolute atomic E-state index is 12.7. The summed E-state index contributed by atoms with van der Waals surface area (Å²) in [6.07, 6.45) is -1.71. The molecule has 162 valence electrons. The number of nitrogens with one attached hydrogen (secondary N) is 1. The van der Waals surface area contributed by atoms with E-state index in [0.29, 0.717) is 35.2 Å². The molecule has 3 aromatic rings. The molecule has 0 bridgehead atoms. The topological polar surface area (TPSA) is 56.2 Å². The van der Waals surface area contributed by atoms with Gasteiger partial charge in [-0.15, -0.1) is 0 Å². The lowest BCUT2D eigenvalue weighted by molar-refractivity contribution is -0.123. The zero-order valence-corrected chi connectivity index (χ0v) is 17.3. The van der Waals surface area contributed by atoms with Crippen molar-refractivity contribution in [3.05, 3.63) is 58.4 Å². The molecule has 1 aromatic heterocycles. The van der Waals surface area contributed by atoms with Gasteiger partial charge in [0.1, 0.15) is 23.5 Å². The van der Waals surface area contributed by atoms with E-state index in [1.807, 2.05) is 36.0 Å². The molecule has 0 saturated carbocycles. The lowest BCUT2D eigenvalue weighted by Gasteiger charge is -2.36. The molecule has 5 nitrogen and oxygen atoms in total. The first-order valence-corrected chi connectivity index (χ1v) is 10.3. The van der Waals surface area contributed by atoms with Crippen LogP contribution in [0.2, 0.25) is 0 Å². The fourth-order valence-corrected chi connectivity index (χ4v) is 4.81. The number of aromatic nitrogens is 2. The lowest BCUT2D eigenvalue weighted by atomic mass is 9.86. The van der Waals surface area contributed by atoms with Gasteiger partial charge in [0, 0.05) is 31.0 Å². The van der Waals surface area contributed by atoms with Gasteiger partial charge in [0.05, 0.1) is 5.52 Å². The van der Waals surface area contributed by atoms with Gasteiger partial charge in [0.15, 0.2) is 5.75 Å². The van der Waals surface area contributed by atoms with Gasteiger partial charge < -0.3 is 14.6 Å². The molecule has 1 N–H and O–H groups in total. The van der Waals surface area contributed by atoms with E-state index in [9.17, 15) is 18.0 Å². The summed E-state index contributed by atoms with van der Waals surface area (Å²) in [7, 11) is 1.82. The van der Waals surface area contributed by atoms with E-state index in [2.05, 4.69) is 17.1 Å². The van der Waals surface area contributed by atoms with E-state index in [1.165, 1.54) is 11.1 Å². The van der Waals surface area contributed by atoms with Gasteiger partial charge in [-0.1, -0.05) is 24.3 Å². The minimum Gasteiger partial charge on any atom is -0.484 e. The molecule has 31 heavy (non-hydrogen) atoms. The highest BCUT2D eigenvalue weighted by molar-refractivity contribution is 6.01. The summed E-state index contributed by atoms with van der Waals surface area (Å²) in [6, 6.07) is 9.86. The number of hydrogen-bond acceptors (Lipinski definition) is 3. The van der Waals surface area contributed by atoms with Crippen LogP contribution in [0.5, 0.6) is 5.75 Å². The molecule has 2 heterocycles. The predicted molar refractivity (Wildman–Crippen MR) is 109 cm³/mol. The molecule has 0 radical (unpaired) electrons. The van der Waals surface area contributed by atoms with Gasteiger partial charge >= 0.3 is 6.18 Å². The van der Waals surface area contributed by atoms with Crippen LogP contribution in [0.1, 0.15) is 39.3 Å². The van der Waals surface area contributed by atoms with Crippen LogP contribution in [0.25, 0.3) is 11.0 Å². The van der Waals surface area contributed by atoms with Gasteiger partial charge in [-0.05, 0) is 37.0 Å². The molecule has 0 unspecified atom stereocenters. The Kier molecular flexibility index (Phi) is 4.32. The summed E-state index contributed by atoms with van der Waals surface area (Å²) < 4.78 is 46.4. The van der Waals surface area contributed by atoms with Crippen molar-refractivity contribution >= 4 is 16.9 Å². The molecule has 1 aliphatic heterocycles. The van der Waals surface area contributed by atoms with E-state index < -0.39 is 24.2 Å². The molecule has 1 spiro atoms. The first kappa shape index (κ1) is 19.9. The molecule has 8 heteroatoms. The molecule has 1 amide bonds. The third kappa shape index (κ3) is 3.34. The number of hydrogen-bond donors (Lipinski definition) is 1. The number of amides is 1. The normalized spacial score (nSPS) is 16.8. The van der Waals surface area contributed by atoms with Gasteiger partial charge in [-0.3, -0.25) is 4.79 Å². The molecule has 0 saturated heterocycles. The number of carbonyl (C=O) groups is 1. The fourth-order valence-electron chi connectivity index (χ4n) is 4.81. The number of nitrogens with zero attached hydrogens (tertiary/aromatic N) is 2. The highest BCUT2D eigenvalue weighted by atomic mass is 19.4. The number of rotatable bonds is 2. The summed E-state index contributed by atoms with van der Waals surface area (Å²) in [6.45, 7) is 0.475. The molecule has 2 aliphatic rings. The van der Waals surface area contributed by atoms with Crippen LogP contribution in [0, 0.1) is 6.92 Å². The van der Waals surface area contributed by atoms with Crippen LogP contribution >= 0.6 is 0 Å². The maximum atomic E-state index is 12.7. The molecule has 5 rings (SSSR count). The average molecular weight is 429 g/mol. The van der Waals surface area contributed by atoms with Crippen LogP contribution in [0.15, 0.2) is 30.3 Å². The number of ether oxygens (including phenoxy) is 1. The lowest BCUT2D eigenvalue weighted by Crippen LogP contribution is -2.41. The van der Waals surface area contributed by atoms with Crippen molar-refractivity contribution in [1.82, 2.24) is 14.9 Å². The van der Waals surface area contributed by atoms with Crippen molar-refractivity contribution in [1.29, 1.82) is 0 Å². The van der Waals surface area contributed by atoms with Gasteiger partial charge in [-0.25, -0.2) is 4.98 Å². The molecular weight excluding hydrogens is 407 g/mol. The molecule has 0 atom stereocenters. The fraction of sp³-hybridized carbons (Fsp3) is 0.391. The smallest absolute Gasteiger partial charge is 0.405 e. The third-order valence-electron chi connectivity index (χ3n) is 6.45. The number of carbonyl (C=O) groups excluding carboxylic acids is 1. The minimum atomic E-state index is -4.47. The molecule has 1 aliphatic carbocycles. The summed E-state index contributed by atoms with van der Waals surface area (Å²) in [5, 5.41) is 2.01. The molecular formula is C23H22F3N3O2. The Morgan fingerprint density at radius 3 is 2.58 bits per heavy atom. The van der Waals surface area contributed by atoms with E-state index in [-0.39, 0.29) is 5.56 Å².